The predicted octanol–water partition coefficient (Wildman–Crippen LogP) is 4.17. The van der Waals surface area contributed by atoms with Crippen molar-refractivity contribution in [2.75, 3.05) is 13.1 Å². The van der Waals surface area contributed by atoms with E-state index >= 15 is 0 Å². The number of allylic oxidation sites excluding steroid dienone is 4. The van der Waals surface area contributed by atoms with Crippen LogP contribution >= 0.6 is 23.2 Å². The molecule has 4 nitrogen and oxygen atoms in total. The third kappa shape index (κ3) is 4.19. The summed E-state index contributed by atoms with van der Waals surface area (Å²) in [4.78, 5) is 27.4. The minimum absolute atomic E-state index is 0.0744. The minimum Gasteiger partial charge on any atom is -0.335 e. The molecular formula is C22H24Cl2N2O2. The summed E-state index contributed by atoms with van der Waals surface area (Å²) in [6, 6.07) is 5.82. The maximum absolute atomic E-state index is 13.6. The molecule has 0 aromatic heterocycles. The van der Waals surface area contributed by atoms with E-state index in [4.69, 9.17) is 23.2 Å². The van der Waals surface area contributed by atoms with E-state index in [0.29, 0.717) is 29.6 Å². The van der Waals surface area contributed by atoms with E-state index in [1.165, 1.54) is 0 Å². The number of ketones is 1. The number of hydrogen-bond donors (Lipinski definition) is 1. The van der Waals surface area contributed by atoms with Crippen LogP contribution in [0.25, 0.3) is 0 Å². The molecule has 1 N–H and O–H groups in total. The maximum Gasteiger partial charge on any atom is 0.228 e. The number of carbonyl (C=O) groups excluding carboxylic acids is 2. The van der Waals surface area contributed by atoms with Crippen molar-refractivity contribution in [3.05, 3.63) is 57.6 Å². The first-order valence-corrected chi connectivity index (χ1v) is 10.6. The second kappa shape index (κ2) is 8.40. The summed E-state index contributed by atoms with van der Waals surface area (Å²) in [5, 5.41) is 4.39. The molecule has 148 valence electrons. The van der Waals surface area contributed by atoms with Crippen LogP contribution in [0.15, 0.2) is 42.0 Å². The van der Waals surface area contributed by atoms with E-state index < -0.39 is 0 Å². The number of benzene rings is 1. The summed E-state index contributed by atoms with van der Waals surface area (Å²) in [7, 11) is 0. The van der Waals surface area contributed by atoms with Gasteiger partial charge in [0, 0.05) is 25.6 Å². The largest absolute Gasteiger partial charge is 0.335 e. The molecule has 28 heavy (non-hydrogen) atoms. The van der Waals surface area contributed by atoms with E-state index in [0.717, 1.165) is 36.9 Å². The molecule has 2 aliphatic carbocycles. The number of piperidine rings is 1. The number of nitrogens with one attached hydrogen (secondary N) is 1. The van der Waals surface area contributed by atoms with Gasteiger partial charge in [0.15, 0.2) is 5.78 Å². The van der Waals surface area contributed by atoms with Crippen LogP contribution in [0.4, 0.5) is 0 Å². The van der Waals surface area contributed by atoms with Crippen LogP contribution < -0.4 is 5.32 Å². The molecule has 1 unspecified atom stereocenters. The van der Waals surface area contributed by atoms with Gasteiger partial charge in [0.1, 0.15) is 0 Å². The number of rotatable bonds is 5. The third-order valence-electron chi connectivity index (χ3n) is 5.83. The lowest BCUT2D eigenvalue weighted by atomic mass is 9.78. The first-order chi connectivity index (χ1) is 13.5. The van der Waals surface area contributed by atoms with E-state index in [9.17, 15) is 9.59 Å². The summed E-state index contributed by atoms with van der Waals surface area (Å²) in [6.07, 6.45) is 9.01. The van der Waals surface area contributed by atoms with E-state index in [1.54, 1.807) is 12.1 Å². The molecule has 1 aliphatic heterocycles. The monoisotopic (exact) mass is 418 g/mol. The highest BCUT2D eigenvalue weighted by atomic mass is 35.5. The molecule has 0 radical (unpaired) electrons. The lowest BCUT2D eigenvalue weighted by Crippen LogP contribution is -2.48. The van der Waals surface area contributed by atoms with Crippen molar-refractivity contribution in [3.8, 4) is 0 Å². The van der Waals surface area contributed by atoms with Crippen LogP contribution in [-0.2, 0) is 16.1 Å². The van der Waals surface area contributed by atoms with Gasteiger partial charge in [-0.3, -0.25) is 9.59 Å². The first kappa shape index (κ1) is 19.7. The Kier molecular flexibility index (Phi) is 5.91. The fourth-order valence-corrected chi connectivity index (χ4v) is 4.57. The predicted molar refractivity (Wildman–Crippen MR) is 111 cm³/mol. The zero-order valence-corrected chi connectivity index (χ0v) is 17.2. The molecule has 0 bridgehead atoms. The van der Waals surface area contributed by atoms with Gasteiger partial charge >= 0.3 is 0 Å². The highest BCUT2D eigenvalue weighted by molar-refractivity contribution is 6.42. The van der Waals surface area contributed by atoms with Gasteiger partial charge in [0.25, 0.3) is 0 Å². The Morgan fingerprint density at radius 1 is 1.21 bits per heavy atom. The minimum atomic E-state index is -0.172. The van der Waals surface area contributed by atoms with Crippen LogP contribution in [0.1, 0.15) is 31.2 Å². The van der Waals surface area contributed by atoms with E-state index in [-0.39, 0.29) is 29.6 Å². The highest BCUT2D eigenvalue weighted by Crippen LogP contribution is 2.36. The highest BCUT2D eigenvalue weighted by Gasteiger charge is 2.40. The van der Waals surface area contributed by atoms with Crippen LogP contribution in [0.3, 0.4) is 0 Å². The summed E-state index contributed by atoms with van der Waals surface area (Å²) < 4.78 is 0. The van der Waals surface area contributed by atoms with Gasteiger partial charge in [-0.05, 0) is 55.0 Å². The number of hydrogen-bond acceptors (Lipinski definition) is 3. The van der Waals surface area contributed by atoms with E-state index in [2.05, 4.69) is 5.32 Å². The Hall–Kier alpha value is -1.62. The number of halogens is 2. The van der Waals surface area contributed by atoms with Gasteiger partial charge in [-0.1, -0.05) is 47.5 Å². The van der Waals surface area contributed by atoms with Gasteiger partial charge < -0.3 is 10.2 Å². The molecule has 3 aliphatic rings. The van der Waals surface area contributed by atoms with Crippen LogP contribution in [0.2, 0.25) is 10.0 Å². The smallest absolute Gasteiger partial charge is 0.228 e. The van der Waals surface area contributed by atoms with Crippen LogP contribution in [0.5, 0.6) is 0 Å². The number of nitrogens with zero attached hydrogens (tertiary/aromatic N) is 1. The van der Waals surface area contributed by atoms with Crippen molar-refractivity contribution >= 4 is 34.9 Å². The number of amides is 1. The molecule has 1 aromatic carbocycles. The summed E-state index contributed by atoms with van der Waals surface area (Å²) in [5.74, 6) is 0.162. The zero-order valence-electron chi connectivity index (χ0n) is 15.7. The number of carbonyl (C=O) groups is 2. The lowest BCUT2D eigenvalue weighted by molar-refractivity contribution is -0.138. The Morgan fingerprint density at radius 2 is 2.04 bits per heavy atom. The topological polar surface area (TPSA) is 49.4 Å². The van der Waals surface area contributed by atoms with Crippen molar-refractivity contribution < 1.29 is 9.59 Å². The molecule has 2 atom stereocenters. The van der Waals surface area contributed by atoms with Crippen molar-refractivity contribution in [1.29, 1.82) is 0 Å². The van der Waals surface area contributed by atoms with E-state index in [1.807, 2.05) is 29.2 Å². The van der Waals surface area contributed by atoms with Crippen LogP contribution in [-0.4, -0.2) is 35.7 Å². The average molecular weight is 419 g/mol. The quantitative estimate of drug-likeness (QED) is 0.780. The molecule has 1 saturated carbocycles. The van der Waals surface area contributed by atoms with Crippen molar-refractivity contribution in [2.24, 2.45) is 11.8 Å². The fraction of sp³-hybridized carbons (Fsp3) is 0.455. The molecule has 2 fully saturated rings. The Bertz CT molecular complexity index is 845. The molecule has 4 rings (SSSR count). The Labute approximate surface area is 175 Å². The van der Waals surface area contributed by atoms with Gasteiger partial charge in [-0.25, -0.2) is 0 Å². The van der Waals surface area contributed by atoms with Crippen molar-refractivity contribution in [2.45, 2.75) is 38.3 Å². The second-order valence-electron chi connectivity index (χ2n) is 7.83. The first-order valence-electron chi connectivity index (χ1n) is 9.89. The molecule has 1 aromatic rings. The molecule has 1 heterocycles. The standard InChI is InChI=1S/C22H24Cl2N2O2/c23-20-6-2-4-15(21(20)24)13-26(16-7-8-16)22(28)19-12-25-10-9-18(19)14-3-1-5-17(27)11-14/h1-4,6,11,16,18-19,25H,5,7-10,12-13H2/t18?,19-/m0/s1. The lowest BCUT2D eigenvalue weighted by Gasteiger charge is -2.36. The zero-order chi connectivity index (χ0) is 19.7. The maximum atomic E-state index is 13.6. The molecule has 1 saturated heterocycles. The molecule has 1 amide bonds. The summed E-state index contributed by atoms with van der Waals surface area (Å²) in [5.41, 5.74) is 1.87. The average Bonchev–Trinajstić information content (AvgIpc) is 3.54. The van der Waals surface area contributed by atoms with Crippen LogP contribution in [0, 0.1) is 11.8 Å². The summed E-state index contributed by atoms with van der Waals surface area (Å²) >= 11 is 12.5. The van der Waals surface area contributed by atoms with Gasteiger partial charge in [-0.15, -0.1) is 0 Å². The van der Waals surface area contributed by atoms with Crippen molar-refractivity contribution in [3.63, 3.8) is 0 Å². The molecular weight excluding hydrogens is 395 g/mol. The molecule has 6 heteroatoms. The SMILES string of the molecule is O=C1C=C(C2CCNC[C@@H]2C(=O)N(Cc2cccc(Cl)c2Cl)C2CC2)C=CC1. The summed E-state index contributed by atoms with van der Waals surface area (Å²) in [6.45, 7) is 1.96. The Morgan fingerprint density at radius 3 is 2.79 bits per heavy atom. The third-order valence-corrected chi connectivity index (χ3v) is 6.69. The Balaban J connectivity index is 1.58. The van der Waals surface area contributed by atoms with Gasteiger partial charge in [0.05, 0.1) is 16.0 Å². The normalized spacial score (nSPS) is 24.8. The molecule has 0 spiro atoms. The van der Waals surface area contributed by atoms with Gasteiger partial charge in [0.2, 0.25) is 5.91 Å². The second-order valence-corrected chi connectivity index (χ2v) is 8.62. The van der Waals surface area contributed by atoms with Gasteiger partial charge in [-0.2, -0.15) is 0 Å². The fourth-order valence-electron chi connectivity index (χ4n) is 4.19. The van der Waals surface area contributed by atoms with Crippen molar-refractivity contribution in [1.82, 2.24) is 10.2 Å².